The summed E-state index contributed by atoms with van der Waals surface area (Å²) in [7, 11) is 0. The van der Waals surface area contributed by atoms with E-state index in [-0.39, 0.29) is 36.4 Å². The Morgan fingerprint density at radius 1 is 0.686 bits per heavy atom. The predicted molar refractivity (Wildman–Crippen MR) is 206 cm³/mol. The first kappa shape index (κ1) is 42.5. The molecule has 0 bridgehead atoms. The Bertz CT molecular complexity index is 1460. The Hall–Kier alpha value is -2.90. The summed E-state index contributed by atoms with van der Waals surface area (Å²) in [6.07, 6.45) is 1.33. The highest BCUT2D eigenvalue weighted by Crippen LogP contribution is 2.61. The van der Waals surface area contributed by atoms with Gasteiger partial charge in [-0.2, -0.15) is 0 Å². The molecule has 1 saturated heterocycles. The molecule has 2 N–H and O–H groups in total. The van der Waals surface area contributed by atoms with Crippen LogP contribution in [-0.4, -0.2) is 50.6 Å². The maximum Gasteiger partial charge on any atom is 0.308 e. The zero-order chi connectivity index (χ0) is 39.2. The van der Waals surface area contributed by atoms with Gasteiger partial charge in [-0.15, -0.1) is 0 Å². The fourth-order valence-corrected chi connectivity index (χ4v) is 9.61. The van der Waals surface area contributed by atoms with E-state index in [2.05, 4.69) is 116 Å². The molecule has 0 radical (unpaired) electrons. The first-order valence-electron chi connectivity index (χ1n) is 18.7. The molecule has 2 atom stereocenters. The predicted octanol–water partition coefficient (Wildman–Crippen LogP) is 9.48. The van der Waals surface area contributed by atoms with Crippen molar-refractivity contribution in [2.24, 2.45) is 22.7 Å². The van der Waals surface area contributed by atoms with Crippen LogP contribution in [0.15, 0.2) is 42.5 Å². The van der Waals surface area contributed by atoms with E-state index >= 15 is 0 Å². The molecular weight excluding hydrogens is 638 g/mol. The Morgan fingerprint density at radius 2 is 1.10 bits per heavy atom. The molecule has 2 aromatic carbocycles. The minimum absolute atomic E-state index is 0.0199. The number of aryl methyl sites for hydroxylation is 2. The van der Waals surface area contributed by atoms with Crippen molar-refractivity contribution in [2.75, 3.05) is 6.73 Å². The van der Waals surface area contributed by atoms with Crippen LogP contribution < -0.4 is 0 Å². The number of carbonyl (C=O) groups excluding carboxylic acids is 2. The summed E-state index contributed by atoms with van der Waals surface area (Å²) in [4.78, 5) is 29.3. The summed E-state index contributed by atoms with van der Waals surface area (Å²) in [5.74, 6) is -3.34. The second kappa shape index (κ2) is 14.5. The number of piperidine rings is 1. The molecule has 1 aliphatic rings. The van der Waals surface area contributed by atoms with Crippen LogP contribution in [0.3, 0.4) is 0 Å². The highest BCUT2D eigenvalue weighted by molar-refractivity contribution is 5.70. The molecule has 2 unspecified atom stereocenters. The van der Waals surface area contributed by atoms with Gasteiger partial charge in [0.1, 0.15) is 12.5 Å². The molecule has 286 valence electrons. The lowest BCUT2D eigenvalue weighted by molar-refractivity contribution is -0.361. The molecule has 0 spiro atoms. The Kier molecular flexibility index (Phi) is 12.1. The number of ether oxygens (including phenoxy) is 2. The van der Waals surface area contributed by atoms with Crippen LogP contribution in [-0.2, 0) is 42.7 Å². The van der Waals surface area contributed by atoms with E-state index in [4.69, 9.17) is 9.47 Å². The van der Waals surface area contributed by atoms with Crippen LogP contribution in [0.2, 0.25) is 0 Å². The van der Waals surface area contributed by atoms with E-state index in [1.165, 1.54) is 0 Å². The monoisotopic (exact) mass is 708 g/mol. The van der Waals surface area contributed by atoms with Gasteiger partial charge in [-0.3, -0.25) is 14.5 Å². The van der Waals surface area contributed by atoms with Crippen molar-refractivity contribution in [3.8, 4) is 5.75 Å². The van der Waals surface area contributed by atoms with Crippen LogP contribution in [0.25, 0.3) is 0 Å². The average Bonchev–Trinajstić information content (AvgIpc) is 2.91. The fourth-order valence-electron chi connectivity index (χ4n) is 9.61. The topological polar surface area (TPSA) is 96.3 Å². The summed E-state index contributed by atoms with van der Waals surface area (Å²) >= 11 is 0. The number of likely N-dealkylation sites (tertiary alicyclic amines) is 1. The van der Waals surface area contributed by atoms with Gasteiger partial charge < -0.3 is 19.7 Å². The summed E-state index contributed by atoms with van der Waals surface area (Å²) in [5, 5.41) is 24.2. The van der Waals surface area contributed by atoms with E-state index in [1.54, 1.807) is 0 Å². The first-order chi connectivity index (χ1) is 22.9. The van der Waals surface area contributed by atoms with Crippen molar-refractivity contribution in [1.29, 1.82) is 0 Å². The standard InChI is InChI=1S/C44H69NO6/c1-38(2,3)31-26-30(27-32(35(31)48)39(4,5)6)23-24-33(46)50-28-45-42(13,14)36(40(7,8)9)44(49,37(41(10,11)12)43(45,15)16)51-34(47)25-22-29-20-18-17-19-21-29/h17-21,26-27,36-37,48-49H,22-25,28H2,1-16H3. The minimum Gasteiger partial charge on any atom is -0.507 e. The van der Waals surface area contributed by atoms with Gasteiger partial charge >= 0.3 is 11.9 Å². The second-order valence-electron chi connectivity index (χ2n) is 20.2. The van der Waals surface area contributed by atoms with Crippen LogP contribution in [0.4, 0.5) is 0 Å². The largest absolute Gasteiger partial charge is 0.507 e. The molecule has 0 aliphatic carbocycles. The van der Waals surface area contributed by atoms with Crippen molar-refractivity contribution in [2.45, 2.75) is 164 Å². The Morgan fingerprint density at radius 3 is 1.51 bits per heavy atom. The third-order valence-corrected chi connectivity index (χ3v) is 10.9. The third kappa shape index (κ3) is 9.37. The third-order valence-electron chi connectivity index (χ3n) is 10.9. The number of carbonyl (C=O) groups is 2. The molecule has 1 heterocycles. The van der Waals surface area contributed by atoms with Crippen molar-refractivity contribution in [3.05, 3.63) is 64.7 Å². The maximum absolute atomic E-state index is 13.6. The normalized spacial score (nSPS) is 22.8. The highest BCUT2D eigenvalue weighted by Gasteiger charge is 2.71. The molecule has 1 fully saturated rings. The molecule has 0 amide bonds. The summed E-state index contributed by atoms with van der Waals surface area (Å²) < 4.78 is 12.5. The summed E-state index contributed by atoms with van der Waals surface area (Å²) in [6, 6.07) is 13.8. The van der Waals surface area contributed by atoms with Gasteiger partial charge in [-0.25, -0.2) is 0 Å². The number of esters is 2. The summed E-state index contributed by atoms with van der Waals surface area (Å²) in [5.41, 5.74) is 0.676. The Balaban J connectivity index is 1.93. The van der Waals surface area contributed by atoms with E-state index in [0.717, 1.165) is 22.3 Å². The molecule has 1 aliphatic heterocycles. The van der Waals surface area contributed by atoms with Gasteiger partial charge in [0.05, 0.1) is 0 Å². The maximum atomic E-state index is 13.6. The zero-order valence-corrected chi connectivity index (χ0v) is 34.7. The molecule has 0 aromatic heterocycles. The molecule has 0 saturated carbocycles. The minimum atomic E-state index is -1.81. The SMILES string of the molecule is CC(C)(C)c1cc(CCC(=O)OCN2C(C)(C)C(C(C)(C)C)C(O)(OC(=O)CCc3ccccc3)C(C(C)(C)C)C2(C)C)cc(C(C)(C)C)c1O. The number of hydrogen-bond donors (Lipinski definition) is 2. The summed E-state index contributed by atoms with van der Waals surface area (Å²) in [6.45, 7) is 33.1. The molecular formula is C44H69NO6. The smallest absolute Gasteiger partial charge is 0.308 e. The molecule has 3 rings (SSSR count). The van der Waals surface area contributed by atoms with Crippen LogP contribution in [0.5, 0.6) is 5.75 Å². The number of nitrogens with zero attached hydrogens (tertiary/aromatic N) is 1. The number of aromatic hydroxyl groups is 1. The quantitative estimate of drug-likeness (QED) is 0.198. The lowest BCUT2D eigenvalue weighted by Crippen LogP contribution is -2.80. The molecule has 7 heteroatoms. The highest BCUT2D eigenvalue weighted by atomic mass is 16.7. The first-order valence-corrected chi connectivity index (χ1v) is 18.7. The van der Waals surface area contributed by atoms with Crippen LogP contribution >= 0.6 is 0 Å². The van der Waals surface area contributed by atoms with E-state index < -0.39 is 45.5 Å². The average molecular weight is 708 g/mol. The molecule has 7 nitrogen and oxygen atoms in total. The van der Waals surface area contributed by atoms with Gasteiger partial charge in [0, 0.05) is 35.8 Å². The van der Waals surface area contributed by atoms with E-state index in [0.29, 0.717) is 18.6 Å². The van der Waals surface area contributed by atoms with Gasteiger partial charge in [0.25, 0.3) is 0 Å². The number of aliphatic hydroxyl groups is 1. The van der Waals surface area contributed by atoms with Gasteiger partial charge in [0.2, 0.25) is 5.79 Å². The number of benzene rings is 2. The number of phenolic OH excluding ortho intramolecular Hbond substituents is 1. The van der Waals surface area contributed by atoms with Crippen molar-refractivity contribution < 1.29 is 29.3 Å². The number of phenols is 1. The van der Waals surface area contributed by atoms with Gasteiger partial charge in [-0.1, -0.05) is 126 Å². The van der Waals surface area contributed by atoms with Crippen molar-refractivity contribution in [3.63, 3.8) is 0 Å². The van der Waals surface area contributed by atoms with Crippen LogP contribution in [0.1, 0.15) is 146 Å². The number of rotatable bonds is 9. The van der Waals surface area contributed by atoms with Gasteiger partial charge in [0.15, 0.2) is 0 Å². The lowest BCUT2D eigenvalue weighted by Gasteiger charge is -2.69. The molecule has 2 aromatic rings. The lowest BCUT2D eigenvalue weighted by atomic mass is 9.51. The van der Waals surface area contributed by atoms with Gasteiger partial charge in [-0.05, 0) is 84.5 Å². The van der Waals surface area contributed by atoms with Crippen LogP contribution in [0, 0.1) is 22.7 Å². The Labute approximate surface area is 309 Å². The van der Waals surface area contributed by atoms with Crippen molar-refractivity contribution in [1.82, 2.24) is 4.90 Å². The van der Waals surface area contributed by atoms with E-state index in [9.17, 15) is 19.8 Å². The molecule has 51 heavy (non-hydrogen) atoms. The fraction of sp³-hybridized carbons (Fsp3) is 0.682. The zero-order valence-electron chi connectivity index (χ0n) is 34.7. The second-order valence-corrected chi connectivity index (χ2v) is 20.2. The van der Waals surface area contributed by atoms with E-state index in [1.807, 2.05) is 42.5 Å². The number of hydrogen-bond acceptors (Lipinski definition) is 7. The van der Waals surface area contributed by atoms with Crippen molar-refractivity contribution >= 4 is 11.9 Å².